The highest BCUT2D eigenvalue weighted by atomic mass is 35.5. The molecule has 0 N–H and O–H groups in total. The van der Waals surface area contributed by atoms with Crippen LogP contribution in [0.2, 0.25) is 0 Å². The summed E-state index contributed by atoms with van der Waals surface area (Å²) in [5.74, 6) is -4.74. The number of ether oxygens (including phenoxy) is 1. The zero-order valence-electron chi connectivity index (χ0n) is 15.4. The van der Waals surface area contributed by atoms with Gasteiger partial charge in [0.05, 0.1) is 13.5 Å². The van der Waals surface area contributed by atoms with Gasteiger partial charge in [-0.05, 0) is 18.9 Å². The van der Waals surface area contributed by atoms with Crippen molar-refractivity contribution in [3.8, 4) is 5.75 Å². The fourth-order valence-corrected chi connectivity index (χ4v) is 3.36. The van der Waals surface area contributed by atoms with Crippen molar-refractivity contribution in [2.45, 2.75) is 39.2 Å². The number of methoxy groups -OCH3 is 1. The van der Waals surface area contributed by atoms with Crippen LogP contribution < -0.4 is 4.74 Å². The highest BCUT2D eigenvalue weighted by Crippen LogP contribution is 2.27. The molecule has 1 fully saturated rings. The largest absolute Gasteiger partial charge is 0.491 e. The first-order chi connectivity index (χ1) is 11.9. The Morgan fingerprint density at radius 1 is 1.12 bits per heavy atom. The Morgan fingerprint density at radius 2 is 1.69 bits per heavy atom. The number of nitrogens with zero attached hydrogens (tertiary/aromatic N) is 2. The van der Waals surface area contributed by atoms with E-state index in [1.54, 1.807) is 4.90 Å². The van der Waals surface area contributed by atoms with Crippen molar-refractivity contribution >= 4 is 18.3 Å². The maximum absolute atomic E-state index is 14.0. The van der Waals surface area contributed by atoms with E-state index in [1.165, 1.54) is 0 Å². The normalized spacial score (nSPS) is 15.1. The van der Waals surface area contributed by atoms with E-state index >= 15 is 0 Å². The summed E-state index contributed by atoms with van der Waals surface area (Å²) in [7, 11) is 1.06. The first kappa shape index (κ1) is 22.6. The number of hydrogen-bond acceptors (Lipinski definition) is 3. The van der Waals surface area contributed by atoms with Crippen LogP contribution in [-0.4, -0.2) is 55.0 Å². The van der Waals surface area contributed by atoms with Crippen LogP contribution in [0.3, 0.4) is 0 Å². The highest BCUT2D eigenvalue weighted by molar-refractivity contribution is 5.85. The summed E-state index contributed by atoms with van der Waals surface area (Å²) >= 11 is 0. The van der Waals surface area contributed by atoms with E-state index in [4.69, 9.17) is 0 Å². The van der Waals surface area contributed by atoms with Crippen LogP contribution >= 0.6 is 12.4 Å². The first-order valence-corrected chi connectivity index (χ1v) is 8.65. The second kappa shape index (κ2) is 10.0. The summed E-state index contributed by atoms with van der Waals surface area (Å²) in [6.07, 6.45) is 1.74. The second-order valence-electron chi connectivity index (χ2n) is 6.24. The van der Waals surface area contributed by atoms with Crippen molar-refractivity contribution in [1.82, 2.24) is 9.80 Å². The molecule has 0 spiro atoms. The Labute approximate surface area is 158 Å². The number of carbonyl (C=O) groups excluding carboxylic acids is 1. The Bertz CT molecular complexity index is 619. The monoisotopic (exact) mass is 394 g/mol. The van der Waals surface area contributed by atoms with Crippen molar-refractivity contribution < 1.29 is 22.7 Å². The molecule has 1 aromatic carbocycles. The average Bonchev–Trinajstić information content (AvgIpc) is 2.61. The van der Waals surface area contributed by atoms with Gasteiger partial charge in [-0.1, -0.05) is 13.8 Å². The minimum absolute atomic E-state index is 0. The summed E-state index contributed by atoms with van der Waals surface area (Å²) in [6.45, 7) is 6.87. The fourth-order valence-electron chi connectivity index (χ4n) is 3.36. The lowest BCUT2D eigenvalue weighted by Gasteiger charge is -2.39. The van der Waals surface area contributed by atoms with Crippen LogP contribution in [-0.2, 0) is 11.2 Å². The number of carbonyl (C=O) groups is 1. The summed E-state index contributed by atoms with van der Waals surface area (Å²) in [5, 5.41) is 0. The Morgan fingerprint density at radius 3 is 2.19 bits per heavy atom. The van der Waals surface area contributed by atoms with Crippen LogP contribution in [0.15, 0.2) is 6.07 Å². The van der Waals surface area contributed by atoms with E-state index in [-0.39, 0.29) is 30.3 Å². The molecular formula is C18H26ClF3N2O2. The van der Waals surface area contributed by atoms with Crippen molar-refractivity contribution in [1.29, 1.82) is 0 Å². The molecule has 0 bridgehead atoms. The number of halogens is 4. The fraction of sp³-hybridized carbons (Fsp3) is 0.611. The SMILES string of the molecule is CCC(CC)N1CCN(C(=O)Cc2cc(F)c(OC)c(F)c2F)CC1.Cl. The topological polar surface area (TPSA) is 32.8 Å². The van der Waals surface area contributed by atoms with Crippen molar-refractivity contribution in [3.05, 3.63) is 29.1 Å². The molecule has 1 aliphatic heterocycles. The van der Waals surface area contributed by atoms with E-state index < -0.39 is 23.2 Å². The molecule has 0 aromatic heterocycles. The van der Waals surface area contributed by atoms with E-state index in [2.05, 4.69) is 23.5 Å². The number of benzene rings is 1. The van der Waals surface area contributed by atoms with Gasteiger partial charge in [0.2, 0.25) is 11.7 Å². The molecule has 0 aliphatic carbocycles. The zero-order chi connectivity index (χ0) is 18.6. The Kier molecular flexibility index (Phi) is 8.70. The third-order valence-corrected chi connectivity index (χ3v) is 4.86. The van der Waals surface area contributed by atoms with E-state index in [0.29, 0.717) is 19.1 Å². The average molecular weight is 395 g/mol. The standard InChI is InChI=1S/C18H25F3N2O2.ClH/c1-4-13(5-2)22-6-8-23(9-7-22)15(24)11-12-10-14(19)18(25-3)17(21)16(12)20;/h10,13H,4-9,11H2,1-3H3;1H. The molecule has 2 rings (SSSR count). The van der Waals surface area contributed by atoms with Crippen LogP contribution in [0.1, 0.15) is 32.3 Å². The Hall–Kier alpha value is -1.47. The molecule has 1 saturated heterocycles. The third kappa shape index (κ3) is 4.82. The summed E-state index contributed by atoms with van der Waals surface area (Å²) in [4.78, 5) is 16.3. The number of amides is 1. The summed E-state index contributed by atoms with van der Waals surface area (Å²) in [6, 6.07) is 1.33. The van der Waals surface area contributed by atoms with Crippen molar-refractivity contribution in [3.63, 3.8) is 0 Å². The molecule has 0 radical (unpaired) electrons. The van der Waals surface area contributed by atoms with Gasteiger partial charge in [0.15, 0.2) is 17.4 Å². The smallest absolute Gasteiger partial charge is 0.227 e. The molecule has 8 heteroatoms. The van der Waals surface area contributed by atoms with Gasteiger partial charge in [0, 0.05) is 37.8 Å². The van der Waals surface area contributed by atoms with Gasteiger partial charge >= 0.3 is 0 Å². The van der Waals surface area contributed by atoms with Crippen molar-refractivity contribution in [2.75, 3.05) is 33.3 Å². The van der Waals surface area contributed by atoms with E-state index in [0.717, 1.165) is 39.1 Å². The molecular weight excluding hydrogens is 369 g/mol. The summed E-state index contributed by atoms with van der Waals surface area (Å²) in [5.41, 5.74) is -0.289. The molecule has 26 heavy (non-hydrogen) atoms. The molecule has 4 nitrogen and oxygen atoms in total. The molecule has 1 amide bonds. The molecule has 1 aromatic rings. The quantitative estimate of drug-likeness (QED) is 0.693. The molecule has 0 unspecified atom stereocenters. The van der Waals surface area contributed by atoms with Gasteiger partial charge in [-0.15, -0.1) is 12.4 Å². The first-order valence-electron chi connectivity index (χ1n) is 8.65. The lowest BCUT2D eigenvalue weighted by Crippen LogP contribution is -2.52. The lowest BCUT2D eigenvalue weighted by atomic mass is 10.1. The lowest BCUT2D eigenvalue weighted by molar-refractivity contribution is -0.132. The van der Waals surface area contributed by atoms with Crippen LogP contribution in [0.4, 0.5) is 13.2 Å². The van der Waals surface area contributed by atoms with Crippen molar-refractivity contribution in [2.24, 2.45) is 0 Å². The number of rotatable bonds is 6. The highest BCUT2D eigenvalue weighted by Gasteiger charge is 2.26. The van der Waals surface area contributed by atoms with Crippen LogP contribution in [0.25, 0.3) is 0 Å². The Balaban J connectivity index is 0.00000338. The number of piperazine rings is 1. The van der Waals surface area contributed by atoms with Crippen LogP contribution in [0, 0.1) is 17.5 Å². The van der Waals surface area contributed by atoms with Gasteiger partial charge in [-0.25, -0.2) is 8.78 Å². The zero-order valence-corrected chi connectivity index (χ0v) is 16.2. The third-order valence-electron chi connectivity index (χ3n) is 4.86. The summed E-state index contributed by atoms with van der Waals surface area (Å²) < 4.78 is 46.0. The van der Waals surface area contributed by atoms with E-state index in [9.17, 15) is 18.0 Å². The van der Waals surface area contributed by atoms with Gasteiger partial charge in [0.25, 0.3) is 0 Å². The molecule has 1 aliphatic rings. The minimum Gasteiger partial charge on any atom is -0.491 e. The van der Waals surface area contributed by atoms with Crippen LogP contribution in [0.5, 0.6) is 5.75 Å². The predicted octanol–water partition coefficient (Wildman–Crippen LogP) is 3.41. The predicted molar refractivity (Wildman–Crippen MR) is 96.3 cm³/mol. The molecule has 1 heterocycles. The van der Waals surface area contributed by atoms with E-state index in [1.807, 2.05) is 0 Å². The van der Waals surface area contributed by atoms with Gasteiger partial charge < -0.3 is 9.64 Å². The van der Waals surface area contributed by atoms with Gasteiger partial charge in [-0.3, -0.25) is 9.69 Å². The molecule has 0 saturated carbocycles. The van der Waals surface area contributed by atoms with Gasteiger partial charge in [0.1, 0.15) is 0 Å². The maximum atomic E-state index is 14.0. The maximum Gasteiger partial charge on any atom is 0.227 e. The molecule has 0 atom stereocenters. The minimum atomic E-state index is -1.40. The second-order valence-corrected chi connectivity index (χ2v) is 6.24. The molecule has 148 valence electrons. The number of hydrogen-bond donors (Lipinski definition) is 0. The van der Waals surface area contributed by atoms with Gasteiger partial charge in [-0.2, -0.15) is 4.39 Å².